The number of nitrogens with zero attached hydrogens (tertiary/aromatic N) is 4. The average molecular weight is 527 g/mol. The Morgan fingerprint density at radius 2 is 1.94 bits per heavy atom. The number of alkyl halides is 2. The van der Waals surface area contributed by atoms with Crippen LogP contribution in [0.1, 0.15) is 40.3 Å². The van der Waals surface area contributed by atoms with Gasteiger partial charge in [0.05, 0.1) is 33.6 Å². The molecule has 1 amide bonds. The van der Waals surface area contributed by atoms with Crippen LogP contribution in [-0.4, -0.2) is 52.3 Å². The standard InChI is InChI=1S/C26H22ClF2N4O2P/c1-32-20-11-19(23-14(25(32)34)5-4-6-21(23)35-26(28)29)33-18-9-13(7-8-17(18)31-24(20)33)15-12-30-22(36(2)3)10-16(15)27/h4-10,12,19-20,26H,11H2,1-3H3. The van der Waals surface area contributed by atoms with Crippen LogP contribution in [0.4, 0.5) is 8.78 Å². The molecule has 2 aliphatic heterocycles. The van der Waals surface area contributed by atoms with Crippen LogP contribution in [0.5, 0.6) is 5.75 Å². The summed E-state index contributed by atoms with van der Waals surface area (Å²) in [6, 6.07) is 11.8. The molecule has 6 nitrogen and oxygen atoms in total. The van der Waals surface area contributed by atoms with Crippen molar-refractivity contribution in [3.8, 4) is 16.9 Å². The van der Waals surface area contributed by atoms with Gasteiger partial charge in [0.25, 0.3) is 5.91 Å². The van der Waals surface area contributed by atoms with E-state index in [0.29, 0.717) is 22.6 Å². The van der Waals surface area contributed by atoms with Gasteiger partial charge in [0.1, 0.15) is 11.6 Å². The number of aromatic nitrogens is 3. The first kappa shape index (κ1) is 23.3. The molecule has 36 heavy (non-hydrogen) atoms. The molecule has 4 aromatic rings. The molecule has 0 N–H and O–H groups in total. The third kappa shape index (κ3) is 3.50. The fourth-order valence-corrected chi connectivity index (χ4v) is 6.34. The van der Waals surface area contributed by atoms with Gasteiger partial charge in [-0.1, -0.05) is 31.7 Å². The molecule has 2 atom stereocenters. The Kier molecular flexibility index (Phi) is 5.50. The molecular formula is C26H22ClF2N4O2P. The summed E-state index contributed by atoms with van der Waals surface area (Å²) >= 11 is 6.65. The number of hydrogen-bond acceptors (Lipinski definition) is 4. The Hall–Kier alpha value is -3.09. The first-order valence-corrected chi connectivity index (χ1v) is 14.1. The van der Waals surface area contributed by atoms with Crippen LogP contribution in [0.2, 0.25) is 5.02 Å². The van der Waals surface area contributed by atoms with Gasteiger partial charge in [-0.15, -0.1) is 0 Å². The molecule has 2 bridgehead atoms. The number of carbonyl (C=O) groups is 1. The summed E-state index contributed by atoms with van der Waals surface area (Å²) in [4.78, 5) is 24.4. The van der Waals surface area contributed by atoms with E-state index in [1.54, 1.807) is 30.3 Å². The molecule has 2 aliphatic rings. The van der Waals surface area contributed by atoms with Gasteiger partial charge in [0.2, 0.25) is 0 Å². The predicted molar refractivity (Wildman–Crippen MR) is 137 cm³/mol. The number of ether oxygens (including phenoxy) is 1. The molecule has 2 aromatic heterocycles. The summed E-state index contributed by atoms with van der Waals surface area (Å²) in [6.07, 6.45) is 2.32. The van der Waals surface area contributed by atoms with Crippen molar-refractivity contribution in [1.82, 2.24) is 19.4 Å². The van der Waals surface area contributed by atoms with Crippen LogP contribution in [-0.2, 0) is 0 Å². The van der Waals surface area contributed by atoms with Gasteiger partial charge in [0, 0.05) is 36.4 Å². The fourth-order valence-electron chi connectivity index (χ4n) is 5.32. The lowest BCUT2D eigenvalue weighted by Crippen LogP contribution is -2.30. The van der Waals surface area contributed by atoms with Crippen LogP contribution < -0.4 is 10.2 Å². The Bertz CT molecular complexity index is 1540. The summed E-state index contributed by atoms with van der Waals surface area (Å²) < 4.78 is 33.5. The summed E-state index contributed by atoms with van der Waals surface area (Å²) in [5, 5.41) is 0.621. The van der Waals surface area contributed by atoms with Gasteiger partial charge in [0.15, 0.2) is 0 Å². The molecule has 0 saturated heterocycles. The number of fused-ring (bicyclic) bond motifs is 9. The monoisotopic (exact) mass is 526 g/mol. The number of benzene rings is 2. The zero-order valence-corrected chi connectivity index (χ0v) is 21.4. The molecule has 10 heteroatoms. The molecule has 184 valence electrons. The quantitative estimate of drug-likeness (QED) is 0.313. The maximum atomic E-state index is 13.3. The second-order valence-corrected chi connectivity index (χ2v) is 11.9. The van der Waals surface area contributed by atoms with Gasteiger partial charge in [-0.2, -0.15) is 8.78 Å². The van der Waals surface area contributed by atoms with E-state index in [1.165, 1.54) is 6.07 Å². The molecule has 0 radical (unpaired) electrons. The van der Waals surface area contributed by atoms with Crippen molar-refractivity contribution < 1.29 is 18.3 Å². The lowest BCUT2D eigenvalue weighted by atomic mass is 9.97. The highest BCUT2D eigenvalue weighted by Gasteiger charge is 2.45. The van der Waals surface area contributed by atoms with Crippen molar-refractivity contribution >= 4 is 41.9 Å². The molecule has 0 spiro atoms. The highest BCUT2D eigenvalue weighted by Crippen LogP contribution is 2.50. The highest BCUT2D eigenvalue weighted by atomic mass is 35.5. The van der Waals surface area contributed by atoms with Crippen LogP contribution in [0.25, 0.3) is 22.2 Å². The minimum Gasteiger partial charge on any atom is -0.434 e. The van der Waals surface area contributed by atoms with E-state index in [4.69, 9.17) is 21.3 Å². The Morgan fingerprint density at radius 3 is 2.67 bits per heavy atom. The van der Waals surface area contributed by atoms with Gasteiger partial charge in [-0.25, -0.2) is 4.98 Å². The average Bonchev–Trinajstić information content (AvgIpc) is 3.36. The number of amides is 1. The van der Waals surface area contributed by atoms with Gasteiger partial charge >= 0.3 is 6.61 Å². The first-order chi connectivity index (χ1) is 17.2. The first-order valence-electron chi connectivity index (χ1n) is 11.4. The predicted octanol–water partition coefficient (Wildman–Crippen LogP) is 5.84. The van der Waals surface area contributed by atoms with Crippen molar-refractivity contribution in [1.29, 1.82) is 0 Å². The van der Waals surface area contributed by atoms with Crippen molar-refractivity contribution in [3.63, 3.8) is 0 Å². The third-order valence-corrected chi connectivity index (χ3v) is 8.49. The van der Waals surface area contributed by atoms with Crippen LogP contribution >= 0.6 is 19.5 Å². The minimum absolute atomic E-state index is 0.0132. The normalized spacial score (nSPS) is 18.7. The minimum atomic E-state index is -3.00. The second kappa shape index (κ2) is 8.49. The van der Waals surface area contributed by atoms with Crippen molar-refractivity contribution in [3.05, 3.63) is 70.6 Å². The summed E-state index contributed by atoms with van der Waals surface area (Å²) in [6.45, 7) is 1.25. The maximum absolute atomic E-state index is 13.3. The molecule has 4 heterocycles. The van der Waals surface area contributed by atoms with Gasteiger partial charge in [-0.05, 0) is 49.2 Å². The van der Waals surface area contributed by atoms with Gasteiger partial charge in [-0.3, -0.25) is 9.78 Å². The fraction of sp³-hybridized carbons (Fsp3) is 0.269. The number of hydrogen-bond donors (Lipinski definition) is 0. The maximum Gasteiger partial charge on any atom is 0.387 e. The molecule has 0 aliphatic carbocycles. The number of pyridine rings is 1. The van der Waals surface area contributed by atoms with E-state index < -0.39 is 6.61 Å². The number of imidazole rings is 1. The van der Waals surface area contributed by atoms with E-state index in [1.807, 2.05) is 24.3 Å². The summed E-state index contributed by atoms with van der Waals surface area (Å²) in [7, 11) is 1.35. The lowest BCUT2D eigenvalue weighted by molar-refractivity contribution is -0.0507. The van der Waals surface area contributed by atoms with E-state index in [9.17, 15) is 13.6 Å². The summed E-state index contributed by atoms with van der Waals surface area (Å²) in [5.74, 6) is 0.503. The highest BCUT2D eigenvalue weighted by molar-refractivity contribution is 7.63. The van der Waals surface area contributed by atoms with Crippen molar-refractivity contribution in [2.45, 2.75) is 25.1 Å². The lowest BCUT2D eigenvalue weighted by Gasteiger charge is -2.24. The van der Waals surface area contributed by atoms with Gasteiger partial charge < -0.3 is 14.2 Å². The topological polar surface area (TPSA) is 60.3 Å². The molecule has 2 aromatic carbocycles. The number of halogens is 3. The van der Waals surface area contributed by atoms with E-state index >= 15 is 0 Å². The third-order valence-electron chi connectivity index (χ3n) is 7.01. The largest absolute Gasteiger partial charge is 0.434 e. The smallest absolute Gasteiger partial charge is 0.387 e. The Labute approximate surface area is 212 Å². The number of carbonyl (C=O) groups excluding carboxylic acids is 1. The summed E-state index contributed by atoms with van der Waals surface area (Å²) in [5.41, 5.74) is 5.09. The SMILES string of the molecule is CN1C(=O)c2cccc(OC(F)F)c2C2CC1c1nc3ccc(-c4cnc(P(C)C)cc4Cl)cc3n12. The second-order valence-electron chi connectivity index (χ2n) is 9.24. The van der Waals surface area contributed by atoms with Crippen LogP contribution in [0.3, 0.4) is 0 Å². The van der Waals surface area contributed by atoms with E-state index in [-0.39, 0.29) is 31.7 Å². The zero-order valence-electron chi connectivity index (χ0n) is 19.7. The molecule has 2 unspecified atom stereocenters. The molecule has 0 fully saturated rings. The Morgan fingerprint density at radius 1 is 1.14 bits per heavy atom. The number of rotatable bonds is 4. The van der Waals surface area contributed by atoms with Crippen LogP contribution in [0.15, 0.2) is 48.7 Å². The zero-order chi connectivity index (χ0) is 25.3. The molecule has 0 saturated carbocycles. The Balaban J connectivity index is 1.55. The molecule has 6 rings (SSSR count). The van der Waals surface area contributed by atoms with Crippen molar-refractivity contribution in [2.75, 3.05) is 20.4 Å². The van der Waals surface area contributed by atoms with E-state index in [0.717, 1.165) is 33.4 Å². The van der Waals surface area contributed by atoms with Crippen molar-refractivity contribution in [2.24, 2.45) is 0 Å². The van der Waals surface area contributed by atoms with E-state index in [2.05, 4.69) is 22.9 Å². The molecular weight excluding hydrogens is 505 g/mol. The van der Waals surface area contributed by atoms with Crippen LogP contribution in [0, 0.1) is 0 Å².